The number of rotatable bonds is 5. The van der Waals surface area contributed by atoms with Gasteiger partial charge in [0, 0.05) is 11.8 Å². The lowest BCUT2D eigenvalue weighted by Gasteiger charge is -2.31. The Kier molecular flexibility index (Phi) is 4.48. The first-order valence-electron chi connectivity index (χ1n) is 10.4. The van der Waals surface area contributed by atoms with Gasteiger partial charge in [-0.1, -0.05) is 30.3 Å². The van der Waals surface area contributed by atoms with Gasteiger partial charge in [0.25, 0.3) is 0 Å². The Morgan fingerprint density at radius 1 is 1.12 bits per heavy atom. The minimum atomic E-state index is -3.23. The van der Waals surface area contributed by atoms with Crippen LogP contribution in [0.3, 0.4) is 0 Å². The van der Waals surface area contributed by atoms with Crippen LogP contribution in [0, 0.1) is 24.2 Å². The van der Waals surface area contributed by atoms with Crippen molar-refractivity contribution < 1.29 is 13.5 Å². The number of hydrogen-bond acceptors (Lipinski definition) is 5. The second-order valence-electron chi connectivity index (χ2n) is 8.17. The van der Waals surface area contributed by atoms with Crippen molar-refractivity contribution in [3.05, 3.63) is 94.3 Å². The summed E-state index contributed by atoms with van der Waals surface area (Å²) in [5.41, 5.74) is 8.72. The lowest BCUT2D eigenvalue weighted by molar-refractivity contribution is -0.192. The Morgan fingerprint density at radius 2 is 1.88 bits per heavy atom. The molecule has 1 saturated carbocycles. The average Bonchev–Trinajstić information content (AvgIpc) is 3.61. The third kappa shape index (κ3) is 3.02. The van der Waals surface area contributed by atoms with Crippen LogP contribution in [0.2, 0.25) is 0 Å². The van der Waals surface area contributed by atoms with Gasteiger partial charge in [-0.2, -0.15) is 14.0 Å². The second kappa shape index (κ2) is 7.13. The first kappa shape index (κ1) is 20.1. The minimum Gasteiger partial charge on any atom is -0.432 e. The second-order valence-corrected chi connectivity index (χ2v) is 8.17. The molecule has 160 valence electrons. The SMILES string of the molecule is Cc1c(OC(F)(F)C2CC2)cccc1[C@]1(c2cccc(C#N)c2)N=C(N)c2ncccc21. The molecule has 2 aromatic carbocycles. The van der Waals surface area contributed by atoms with Crippen LogP contribution < -0.4 is 10.5 Å². The molecule has 5 nitrogen and oxygen atoms in total. The predicted octanol–water partition coefficient (Wildman–Crippen LogP) is 4.65. The summed E-state index contributed by atoms with van der Waals surface area (Å²) in [5, 5.41) is 9.46. The summed E-state index contributed by atoms with van der Waals surface area (Å²) in [6.45, 7) is 1.74. The molecule has 0 radical (unpaired) electrons. The number of nitriles is 1. The number of fused-ring (bicyclic) bond motifs is 1. The van der Waals surface area contributed by atoms with Crippen LogP contribution in [0.4, 0.5) is 8.78 Å². The molecule has 5 rings (SSSR count). The Morgan fingerprint density at radius 3 is 2.62 bits per heavy atom. The van der Waals surface area contributed by atoms with Crippen molar-refractivity contribution in [2.75, 3.05) is 0 Å². The topological polar surface area (TPSA) is 84.3 Å². The highest BCUT2D eigenvalue weighted by Gasteiger charge is 2.50. The summed E-state index contributed by atoms with van der Waals surface area (Å²) >= 11 is 0. The Labute approximate surface area is 184 Å². The molecule has 3 aromatic rings. The zero-order valence-electron chi connectivity index (χ0n) is 17.3. The molecule has 32 heavy (non-hydrogen) atoms. The number of aromatic nitrogens is 1. The molecule has 1 atom stereocenters. The van der Waals surface area contributed by atoms with Gasteiger partial charge >= 0.3 is 6.11 Å². The number of benzene rings is 2. The molecule has 1 aliphatic carbocycles. The van der Waals surface area contributed by atoms with E-state index in [1.54, 1.807) is 49.5 Å². The van der Waals surface area contributed by atoms with E-state index >= 15 is 0 Å². The molecule has 0 amide bonds. The summed E-state index contributed by atoms with van der Waals surface area (Å²) in [4.78, 5) is 9.23. The van der Waals surface area contributed by atoms with E-state index in [4.69, 9.17) is 15.5 Å². The van der Waals surface area contributed by atoms with Crippen LogP contribution in [-0.4, -0.2) is 16.9 Å². The van der Waals surface area contributed by atoms with E-state index in [-0.39, 0.29) is 11.6 Å². The number of hydrogen-bond donors (Lipinski definition) is 1. The summed E-state index contributed by atoms with van der Waals surface area (Å²) in [6, 6.07) is 17.9. The number of halogens is 2. The Hall–Kier alpha value is -3.79. The van der Waals surface area contributed by atoms with E-state index in [1.165, 1.54) is 0 Å². The molecule has 1 aromatic heterocycles. The van der Waals surface area contributed by atoms with Crippen LogP contribution in [0.25, 0.3) is 0 Å². The quantitative estimate of drug-likeness (QED) is 0.638. The molecule has 0 spiro atoms. The molecule has 0 unspecified atom stereocenters. The van der Waals surface area contributed by atoms with Crippen LogP contribution in [-0.2, 0) is 5.54 Å². The number of amidine groups is 1. The maximum Gasteiger partial charge on any atom is 0.400 e. The number of ether oxygens (including phenoxy) is 1. The number of alkyl halides is 2. The van der Waals surface area contributed by atoms with Gasteiger partial charge in [-0.15, -0.1) is 0 Å². The third-order valence-electron chi connectivity index (χ3n) is 6.11. The molecular formula is C25H20F2N4O. The normalized spacial score (nSPS) is 19.8. The van der Waals surface area contributed by atoms with Gasteiger partial charge < -0.3 is 10.5 Å². The molecular weight excluding hydrogens is 410 g/mol. The lowest BCUT2D eigenvalue weighted by Crippen LogP contribution is -2.29. The summed E-state index contributed by atoms with van der Waals surface area (Å²) in [5.74, 6) is -0.407. The van der Waals surface area contributed by atoms with Crippen molar-refractivity contribution in [2.24, 2.45) is 16.6 Å². The van der Waals surface area contributed by atoms with Crippen molar-refractivity contribution in [3.63, 3.8) is 0 Å². The van der Waals surface area contributed by atoms with Gasteiger partial charge in [0.05, 0.1) is 17.6 Å². The number of nitrogens with two attached hydrogens (primary N) is 1. The zero-order chi connectivity index (χ0) is 22.5. The minimum absolute atomic E-state index is 0.0984. The van der Waals surface area contributed by atoms with E-state index in [9.17, 15) is 14.0 Å². The molecule has 0 bridgehead atoms. The van der Waals surface area contributed by atoms with Crippen molar-refractivity contribution >= 4 is 5.84 Å². The fraction of sp³-hybridized carbons (Fsp3) is 0.240. The molecule has 2 aliphatic rings. The Balaban J connectivity index is 1.75. The highest BCUT2D eigenvalue weighted by molar-refractivity contribution is 6.01. The molecule has 7 heteroatoms. The molecule has 1 fully saturated rings. The van der Waals surface area contributed by atoms with E-state index in [2.05, 4.69) is 11.1 Å². The number of pyridine rings is 1. The molecule has 1 aliphatic heterocycles. The monoisotopic (exact) mass is 430 g/mol. The van der Waals surface area contributed by atoms with E-state index in [0.29, 0.717) is 40.8 Å². The largest absolute Gasteiger partial charge is 0.432 e. The highest BCUT2D eigenvalue weighted by Crippen LogP contribution is 2.49. The number of nitrogens with zero attached hydrogens (tertiary/aromatic N) is 3. The van der Waals surface area contributed by atoms with Gasteiger partial charge in [0.1, 0.15) is 22.8 Å². The van der Waals surface area contributed by atoms with Gasteiger partial charge in [0.2, 0.25) is 0 Å². The van der Waals surface area contributed by atoms with Crippen molar-refractivity contribution in [1.29, 1.82) is 5.26 Å². The van der Waals surface area contributed by atoms with Crippen molar-refractivity contribution in [3.8, 4) is 11.8 Å². The van der Waals surface area contributed by atoms with Crippen LogP contribution in [0.5, 0.6) is 5.75 Å². The Bertz CT molecular complexity index is 1290. The number of aliphatic imine (C=N–C) groups is 1. The zero-order valence-corrected chi connectivity index (χ0v) is 17.3. The average molecular weight is 430 g/mol. The molecule has 2 N–H and O–H groups in total. The summed E-state index contributed by atoms with van der Waals surface area (Å²) in [7, 11) is 0. The standard InChI is InChI=1S/C25H20F2N4O/c1-15-19(7-3-9-21(15)32-25(26,27)17-10-11-17)24(18-6-2-5-16(13-18)14-28)20-8-4-12-30-22(20)23(29)31-24/h2-9,12-13,17H,10-11H2,1H3,(H2,29,31)/t24-/m0/s1. The van der Waals surface area contributed by atoms with Crippen LogP contribution in [0.15, 0.2) is 65.8 Å². The lowest BCUT2D eigenvalue weighted by atomic mass is 9.76. The van der Waals surface area contributed by atoms with Gasteiger partial charge in [-0.05, 0) is 60.7 Å². The molecule has 0 saturated heterocycles. The van der Waals surface area contributed by atoms with Gasteiger partial charge in [-0.3, -0.25) is 4.98 Å². The summed E-state index contributed by atoms with van der Waals surface area (Å²) in [6.07, 6.45) is -0.687. The highest BCUT2D eigenvalue weighted by atomic mass is 19.3. The van der Waals surface area contributed by atoms with Crippen molar-refractivity contribution in [1.82, 2.24) is 4.98 Å². The van der Waals surface area contributed by atoms with Gasteiger partial charge in [0.15, 0.2) is 0 Å². The van der Waals surface area contributed by atoms with Crippen LogP contribution in [0.1, 0.15) is 46.4 Å². The fourth-order valence-electron chi connectivity index (χ4n) is 4.36. The fourth-order valence-corrected chi connectivity index (χ4v) is 4.36. The van der Waals surface area contributed by atoms with Crippen molar-refractivity contribution in [2.45, 2.75) is 31.4 Å². The van der Waals surface area contributed by atoms with E-state index in [0.717, 1.165) is 5.56 Å². The molecule has 2 heterocycles. The maximum absolute atomic E-state index is 14.5. The van der Waals surface area contributed by atoms with Gasteiger partial charge in [-0.25, -0.2) is 4.99 Å². The smallest absolute Gasteiger partial charge is 0.400 e. The first-order chi connectivity index (χ1) is 15.4. The van der Waals surface area contributed by atoms with Crippen LogP contribution >= 0.6 is 0 Å². The first-order valence-corrected chi connectivity index (χ1v) is 10.4. The van der Waals surface area contributed by atoms with E-state index < -0.39 is 17.6 Å². The predicted molar refractivity (Wildman–Crippen MR) is 115 cm³/mol. The summed E-state index contributed by atoms with van der Waals surface area (Å²) < 4.78 is 34.2. The third-order valence-corrected chi connectivity index (χ3v) is 6.11. The van der Waals surface area contributed by atoms with E-state index in [1.807, 2.05) is 18.2 Å². The maximum atomic E-state index is 14.5.